The van der Waals surface area contributed by atoms with Gasteiger partial charge in [0.25, 0.3) is 11.5 Å². The Morgan fingerprint density at radius 3 is 2.37 bits per heavy atom. The normalized spacial score (nSPS) is 14.5. The van der Waals surface area contributed by atoms with Crippen molar-refractivity contribution in [2.45, 2.75) is 72.3 Å². The van der Waals surface area contributed by atoms with E-state index in [4.69, 9.17) is 5.11 Å². The van der Waals surface area contributed by atoms with Gasteiger partial charge in [-0.25, -0.2) is 4.98 Å². The first-order chi connectivity index (χ1) is 16.5. The molecule has 2 aromatic rings. The number of amides is 1. The Balaban J connectivity index is 2.36. The summed E-state index contributed by atoms with van der Waals surface area (Å²) >= 11 is 0. The van der Waals surface area contributed by atoms with Gasteiger partial charge in [0.1, 0.15) is 18.3 Å². The molecule has 0 spiro atoms. The minimum atomic E-state index is -1.68. The molecule has 1 aromatic heterocycles. The Hall–Kier alpha value is -2.85. The van der Waals surface area contributed by atoms with Gasteiger partial charge in [-0.1, -0.05) is 23.3 Å². The standard InChI is InChI=1S/C26H37N3O6/c1-15(2)7-6-8-16(3)9-10-27-25(34)23-26(35)29(13-21(31)24(33)22(32)14-30)20-12-18(5)17(4)11-19(20)28-23/h7,9,11-12,21-22,24,30-33H,6,8,10,13-14H2,1-5H3,(H,27,34)/b16-9+. The molecule has 192 valence electrons. The Morgan fingerprint density at radius 2 is 1.74 bits per heavy atom. The minimum Gasteiger partial charge on any atom is -0.394 e. The number of fused-ring (bicyclic) bond motifs is 1. The van der Waals surface area contributed by atoms with E-state index in [9.17, 15) is 24.9 Å². The third-order valence-electron chi connectivity index (χ3n) is 5.93. The van der Waals surface area contributed by atoms with Crippen molar-refractivity contribution in [2.24, 2.45) is 0 Å². The van der Waals surface area contributed by atoms with Crippen LogP contribution < -0.4 is 10.9 Å². The first-order valence-electron chi connectivity index (χ1n) is 11.7. The van der Waals surface area contributed by atoms with Gasteiger partial charge in [0.05, 0.1) is 24.2 Å². The summed E-state index contributed by atoms with van der Waals surface area (Å²) in [7, 11) is 0. The van der Waals surface area contributed by atoms with Gasteiger partial charge in [-0.3, -0.25) is 9.59 Å². The number of aryl methyl sites for hydroxylation is 2. The summed E-state index contributed by atoms with van der Waals surface area (Å²) in [6.45, 7) is 8.88. The van der Waals surface area contributed by atoms with E-state index >= 15 is 0 Å². The fraction of sp³-hybridized carbons (Fsp3) is 0.500. The number of aromatic nitrogens is 2. The molecule has 5 N–H and O–H groups in total. The number of aliphatic hydroxyl groups is 4. The van der Waals surface area contributed by atoms with E-state index in [1.165, 1.54) is 10.1 Å². The molecule has 0 bridgehead atoms. The molecule has 0 saturated carbocycles. The molecule has 1 amide bonds. The van der Waals surface area contributed by atoms with Crippen LogP contribution in [-0.4, -0.2) is 67.3 Å². The maximum atomic E-state index is 13.2. The van der Waals surface area contributed by atoms with Gasteiger partial charge in [0.2, 0.25) is 0 Å². The third kappa shape index (κ3) is 7.57. The second-order valence-electron chi connectivity index (χ2n) is 9.19. The van der Waals surface area contributed by atoms with Crippen LogP contribution in [0.2, 0.25) is 0 Å². The maximum absolute atomic E-state index is 13.2. The molecule has 0 aliphatic heterocycles. The van der Waals surface area contributed by atoms with Crippen molar-refractivity contribution >= 4 is 16.9 Å². The van der Waals surface area contributed by atoms with Crippen molar-refractivity contribution in [3.05, 3.63) is 62.6 Å². The zero-order chi connectivity index (χ0) is 26.3. The highest BCUT2D eigenvalue weighted by Crippen LogP contribution is 2.18. The van der Waals surface area contributed by atoms with E-state index in [0.29, 0.717) is 11.0 Å². The first kappa shape index (κ1) is 28.4. The Labute approximate surface area is 205 Å². The lowest BCUT2D eigenvalue weighted by Gasteiger charge is -2.23. The monoisotopic (exact) mass is 487 g/mol. The van der Waals surface area contributed by atoms with Crippen molar-refractivity contribution in [1.29, 1.82) is 0 Å². The van der Waals surface area contributed by atoms with Crippen molar-refractivity contribution in [1.82, 2.24) is 14.9 Å². The summed E-state index contributed by atoms with van der Waals surface area (Å²) < 4.78 is 1.17. The quantitative estimate of drug-likeness (QED) is 0.302. The SMILES string of the molecule is CC(C)=CCC/C(C)=C/CNC(=O)c1nc2cc(C)c(C)cc2n(CC(O)C(O)C(O)CO)c1=O. The van der Waals surface area contributed by atoms with E-state index in [1.807, 2.05) is 40.7 Å². The highest BCUT2D eigenvalue weighted by Gasteiger charge is 2.27. The number of carbonyl (C=O) groups is 1. The number of hydrogen-bond acceptors (Lipinski definition) is 7. The topological polar surface area (TPSA) is 145 Å². The molecule has 0 aliphatic rings. The molecule has 0 saturated heterocycles. The molecule has 0 aliphatic carbocycles. The third-order valence-corrected chi connectivity index (χ3v) is 5.93. The van der Waals surface area contributed by atoms with Gasteiger partial charge in [-0.05, 0) is 70.7 Å². The van der Waals surface area contributed by atoms with Crippen LogP contribution in [0.3, 0.4) is 0 Å². The molecule has 3 atom stereocenters. The van der Waals surface area contributed by atoms with Crippen molar-refractivity contribution in [2.75, 3.05) is 13.2 Å². The highest BCUT2D eigenvalue weighted by molar-refractivity contribution is 5.94. The second kappa shape index (κ2) is 12.7. The lowest BCUT2D eigenvalue weighted by Crippen LogP contribution is -2.44. The van der Waals surface area contributed by atoms with Gasteiger partial charge in [0.15, 0.2) is 5.69 Å². The van der Waals surface area contributed by atoms with Crippen molar-refractivity contribution < 1.29 is 25.2 Å². The number of allylic oxidation sites excluding steroid dienone is 3. The average molecular weight is 488 g/mol. The average Bonchev–Trinajstić information content (AvgIpc) is 2.80. The van der Waals surface area contributed by atoms with Crippen LogP contribution in [0.4, 0.5) is 0 Å². The predicted octanol–water partition coefficient (Wildman–Crippen LogP) is 1.51. The molecule has 0 fully saturated rings. The molecule has 9 heteroatoms. The predicted molar refractivity (Wildman–Crippen MR) is 135 cm³/mol. The largest absolute Gasteiger partial charge is 0.394 e. The minimum absolute atomic E-state index is 0.232. The number of hydrogen-bond donors (Lipinski definition) is 5. The fourth-order valence-corrected chi connectivity index (χ4v) is 3.58. The lowest BCUT2D eigenvalue weighted by molar-refractivity contribution is -0.0805. The lowest BCUT2D eigenvalue weighted by atomic mass is 10.1. The Morgan fingerprint density at radius 1 is 1.09 bits per heavy atom. The molecule has 0 radical (unpaired) electrons. The summed E-state index contributed by atoms with van der Waals surface area (Å²) in [4.78, 5) is 30.4. The van der Waals surface area contributed by atoms with Crippen LogP contribution in [0.25, 0.3) is 11.0 Å². The van der Waals surface area contributed by atoms with Crippen molar-refractivity contribution in [3.8, 4) is 0 Å². The van der Waals surface area contributed by atoms with Crippen LogP contribution in [0, 0.1) is 13.8 Å². The summed E-state index contributed by atoms with van der Waals surface area (Å²) in [6, 6.07) is 3.47. The number of benzene rings is 1. The summed E-state index contributed by atoms with van der Waals surface area (Å²) in [5.74, 6) is -0.650. The smallest absolute Gasteiger partial charge is 0.282 e. The van der Waals surface area contributed by atoms with Crippen molar-refractivity contribution in [3.63, 3.8) is 0 Å². The second-order valence-corrected chi connectivity index (χ2v) is 9.19. The molecule has 1 aromatic carbocycles. The van der Waals surface area contributed by atoms with E-state index < -0.39 is 42.9 Å². The van der Waals surface area contributed by atoms with Crippen LogP contribution in [0.5, 0.6) is 0 Å². The van der Waals surface area contributed by atoms with Crippen LogP contribution in [-0.2, 0) is 6.54 Å². The Bertz CT molecular complexity index is 1160. The van der Waals surface area contributed by atoms with Crippen LogP contribution in [0.1, 0.15) is 55.2 Å². The van der Waals surface area contributed by atoms with E-state index in [-0.39, 0.29) is 12.2 Å². The molecular formula is C26H37N3O6. The highest BCUT2D eigenvalue weighted by atomic mass is 16.4. The molecular weight excluding hydrogens is 450 g/mol. The summed E-state index contributed by atoms with van der Waals surface area (Å²) in [5, 5.41) is 41.9. The van der Waals surface area contributed by atoms with Gasteiger partial charge in [0, 0.05) is 6.54 Å². The number of aliphatic hydroxyl groups excluding tert-OH is 4. The zero-order valence-electron chi connectivity index (χ0n) is 21.1. The fourth-order valence-electron chi connectivity index (χ4n) is 3.58. The van der Waals surface area contributed by atoms with Gasteiger partial charge in [-0.2, -0.15) is 0 Å². The Kier molecular flexibility index (Phi) is 10.3. The van der Waals surface area contributed by atoms with Gasteiger partial charge in [-0.15, -0.1) is 0 Å². The van der Waals surface area contributed by atoms with E-state index in [2.05, 4.69) is 16.4 Å². The van der Waals surface area contributed by atoms with Gasteiger partial charge >= 0.3 is 0 Å². The molecule has 1 heterocycles. The van der Waals surface area contributed by atoms with Crippen LogP contribution in [0.15, 0.2) is 40.2 Å². The summed E-state index contributed by atoms with van der Waals surface area (Å²) in [6.07, 6.45) is 0.982. The summed E-state index contributed by atoms with van der Waals surface area (Å²) in [5.41, 5.74) is 3.85. The zero-order valence-corrected chi connectivity index (χ0v) is 21.1. The van der Waals surface area contributed by atoms with E-state index in [1.54, 1.807) is 12.1 Å². The number of rotatable bonds is 11. The molecule has 2 rings (SSSR count). The molecule has 3 unspecified atom stereocenters. The number of nitrogens with zero attached hydrogens (tertiary/aromatic N) is 2. The first-order valence-corrected chi connectivity index (χ1v) is 11.7. The number of carbonyl (C=O) groups excluding carboxylic acids is 1. The molecule has 35 heavy (non-hydrogen) atoms. The molecule has 9 nitrogen and oxygen atoms in total. The van der Waals surface area contributed by atoms with Gasteiger partial charge < -0.3 is 30.3 Å². The van der Waals surface area contributed by atoms with Crippen LogP contribution >= 0.6 is 0 Å². The number of nitrogens with one attached hydrogen (secondary N) is 1. The maximum Gasteiger partial charge on any atom is 0.282 e. The van der Waals surface area contributed by atoms with E-state index in [0.717, 1.165) is 29.5 Å².